The van der Waals surface area contributed by atoms with Gasteiger partial charge in [0.05, 0.1) is 0 Å². The fraction of sp³-hybridized carbons (Fsp3) is 0.875. The van der Waals surface area contributed by atoms with Gasteiger partial charge in [-0.2, -0.15) is 0 Å². The molecule has 0 bridgehead atoms. The molecule has 0 aliphatic carbocycles. The zero-order valence-corrected chi connectivity index (χ0v) is 13.4. The van der Waals surface area contributed by atoms with Gasteiger partial charge in [0.1, 0.15) is 12.2 Å². The summed E-state index contributed by atoms with van der Waals surface area (Å²) in [5.41, 5.74) is 0. The lowest BCUT2D eigenvalue weighted by molar-refractivity contribution is -0.166. The minimum absolute atomic E-state index is 0.306. The van der Waals surface area contributed by atoms with Crippen LogP contribution in [0.5, 0.6) is 0 Å². The molecule has 0 heterocycles. The lowest BCUT2D eigenvalue weighted by Gasteiger charge is -2.26. The maximum absolute atomic E-state index is 11.2. The molecule has 0 N–H and O–H groups in total. The highest BCUT2D eigenvalue weighted by atomic mass is 16.6. The van der Waals surface area contributed by atoms with Crippen molar-refractivity contribution in [1.29, 1.82) is 0 Å². The molecule has 0 rings (SSSR count). The van der Waals surface area contributed by atoms with Crippen molar-refractivity contribution in [2.45, 2.75) is 91.3 Å². The summed E-state index contributed by atoms with van der Waals surface area (Å²) in [4.78, 5) is 22.5. The highest BCUT2D eigenvalue weighted by molar-refractivity contribution is 5.67. The van der Waals surface area contributed by atoms with Gasteiger partial charge in [0, 0.05) is 13.8 Å². The molecule has 0 aliphatic rings. The van der Waals surface area contributed by atoms with Crippen LogP contribution in [-0.4, -0.2) is 24.1 Å². The van der Waals surface area contributed by atoms with Crippen LogP contribution in [-0.2, 0) is 19.1 Å². The van der Waals surface area contributed by atoms with E-state index in [9.17, 15) is 9.59 Å². The van der Waals surface area contributed by atoms with Crippen molar-refractivity contribution >= 4 is 11.9 Å². The molecular formula is C16H30O4. The van der Waals surface area contributed by atoms with E-state index in [0.29, 0.717) is 0 Å². The lowest BCUT2D eigenvalue weighted by Crippen LogP contribution is -2.34. The summed E-state index contributed by atoms with van der Waals surface area (Å²) in [6.45, 7) is 7.07. The second-order valence-electron chi connectivity index (χ2n) is 5.29. The normalized spacial score (nSPS) is 13.6. The van der Waals surface area contributed by atoms with E-state index in [2.05, 4.69) is 13.8 Å². The zero-order chi connectivity index (χ0) is 15.4. The van der Waals surface area contributed by atoms with Gasteiger partial charge in [0.2, 0.25) is 0 Å². The standard InChI is InChI=1S/C16H30O4/c1-5-7-9-11-15(19-13(3)17)16(20-14(4)18)12-10-8-6-2/h15-16H,5-12H2,1-4H3. The van der Waals surface area contributed by atoms with Gasteiger partial charge in [0.25, 0.3) is 0 Å². The van der Waals surface area contributed by atoms with Crippen LogP contribution in [0.3, 0.4) is 0 Å². The largest absolute Gasteiger partial charge is 0.459 e. The molecule has 0 amide bonds. The average molecular weight is 286 g/mol. The number of unbranched alkanes of at least 4 members (excludes halogenated alkanes) is 4. The molecule has 4 nitrogen and oxygen atoms in total. The Balaban J connectivity index is 4.57. The monoisotopic (exact) mass is 286 g/mol. The summed E-state index contributed by atoms with van der Waals surface area (Å²) >= 11 is 0. The molecule has 2 atom stereocenters. The summed E-state index contributed by atoms with van der Waals surface area (Å²) in [6.07, 6.45) is 7.30. The van der Waals surface area contributed by atoms with Gasteiger partial charge < -0.3 is 9.47 Å². The molecule has 0 aromatic heterocycles. The first-order valence-electron chi connectivity index (χ1n) is 7.85. The molecule has 0 saturated heterocycles. The summed E-state index contributed by atoms with van der Waals surface area (Å²) < 4.78 is 10.7. The third-order valence-corrected chi connectivity index (χ3v) is 3.23. The van der Waals surface area contributed by atoms with E-state index in [4.69, 9.17) is 9.47 Å². The maximum Gasteiger partial charge on any atom is 0.303 e. The molecule has 0 aliphatic heterocycles. The maximum atomic E-state index is 11.2. The van der Waals surface area contributed by atoms with Crippen molar-refractivity contribution in [3.8, 4) is 0 Å². The van der Waals surface area contributed by atoms with Crippen molar-refractivity contribution in [3.63, 3.8) is 0 Å². The van der Waals surface area contributed by atoms with E-state index in [0.717, 1.165) is 51.4 Å². The Morgan fingerprint density at radius 2 is 1.10 bits per heavy atom. The Bertz CT molecular complexity index is 248. The summed E-state index contributed by atoms with van der Waals surface area (Å²) in [5.74, 6) is -0.613. The SMILES string of the molecule is CCCCCC(OC(C)=O)C(CCCCC)OC(C)=O. The summed E-state index contributed by atoms with van der Waals surface area (Å²) in [7, 11) is 0. The predicted molar refractivity (Wildman–Crippen MR) is 79.4 cm³/mol. The molecule has 0 radical (unpaired) electrons. The highest BCUT2D eigenvalue weighted by Gasteiger charge is 2.26. The average Bonchev–Trinajstić information content (AvgIpc) is 2.36. The number of esters is 2. The van der Waals surface area contributed by atoms with Crippen LogP contribution in [0.2, 0.25) is 0 Å². The number of carbonyl (C=O) groups is 2. The van der Waals surface area contributed by atoms with Crippen LogP contribution in [0.25, 0.3) is 0 Å². The molecule has 0 aromatic rings. The molecule has 118 valence electrons. The van der Waals surface area contributed by atoms with Crippen molar-refractivity contribution in [1.82, 2.24) is 0 Å². The van der Waals surface area contributed by atoms with Gasteiger partial charge in [-0.1, -0.05) is 39.5 Å². The summed E-state index contributed by atoms with van der Waals surface area (Å²) in [5, 5.41) is 0. The highest BCUT2D eigenvalue weighted by Crippen LogP contribution is 2.19. The van der Waals surface area contributed by atoms with Crippen molar-refractivity contribution in [2.75, 3.05) is 0 Å². The Hall–Kier alpha value is -1.06. The van der Waals surface area contributed by atoms with Gasteiger partial charge in [-0.15, -0.1) is 0 Å². The molecule has 20 heavy (non-hydrogen) atoms. The number of ether oxygens (including phenoxy) is 2. The minimum Gasteiger partial charge on any atom is -0.459 e. The Kier molecular flexibility index (Phi) is 11.1. The second kappa shape index (κ2) is 11.7. The van der Waals surface area contributed by atoms with E-state index in [-0.39, 0.29) is 24.1 Å². The first-order valence-corrected chi connectivity index (χ1v) is 7.85. The number of hydrogen-bond donors (Lipinski definition) is 0. The Morgan fingerprint density at radius 1 is 0.750 bits per heavy atom. The zero-order valence-electron chi connectivity index (χ0n) is 13.4. The molecular weight excluding hydrogens is 256 g/mol. The van der Waals surface area contributed by atoms with Crippen LogP contribution in [0.1, 0.15) is 79.1 Å². The molecule has 0 aromatic carbocycles. The van der Waals surface area contributed by atoms with Gasteiger partial charge >= 0.3 is 11.9 Å². The van der Waals surface area contributed by atoms with E-state index < -0.39 is 0 Å². The molecule has 4 heteroatoms. The third kappa shape index (κ3) is 9.82. The van der Waals surface area contributed by atoms with Crippen LogP contribution >= 0.6 is 0 Å². The predicted octanol–water partition coefficient (Wildman–Crippen LogP) is 4.01. The topological polar surface area (TPSA) is 52.6 Å². The smallest absolute Gasteiger partial charge is 0.303 e. The van der Waals surface area contributed by atoms with E-state index in [1.807, 2.05) is 0 Å². The fourth-order valence-corrected chi connectivity index (χ4v) is 2.26. The van der Waals surface area contributed by atoms with Crippen LogP contribution in [0.15, 0.2) is 0 Å². The first-order chi connectivity index (χ1) is 9.51. The number of rotatable bonds is 11. The van der Waals surface area contributed by atoms with Gasteiger partial charge in [-0.05, 0) is 25.7 Å². The summed E-state index contributed by atoms with van der Waals surface area (Å²) in [6, 6.07) is 0. The Morgan fingerprint density at radius 3 is 1.35 bits per heavy atom. The van der Waals surface area contributed by atoms with Crippen molar-refractivity contribution in [2.24, 2.45) is 0 Å². The van der Waals surface area contributed by atoms with Crippen molar-refractivity contribution < 1.29 is 19.1 Å². The number of carbonyl (C=O) groups excluding carboxylic acids is 2. The fourth-order valence-electron chi connectivity index (χ4n) is 2.26. The van der Waals surface area contributed by atoms with Crippen LogP contribution in [0.4, 0.5) is 0 Å². The molecule has 0 fully saturated rings. The van der Waals surface area contributed by atoms with Gasteiger partial charge in [-0.25, -0.2) is 0 Å². The van der Waals surface area contributed by atoms with Gasteiger partial charge in [0.15, 0.2) is 0 Å². The van der Waals surface area contributed by atoms with Gasteiger partial charge in [-0.3, -0.25) is 9.59 Å². The van der Waals surface area contributed by atoms with E-state index in [1.165, 1.54) is 13.8 Å². The molecule has 0 saturated carbocycles. The van der Waals surface area contributed by atoms with E-state index in [1.54, 1.807) is 0 Å². The van der Waals surface area contributed by atoms with Crippen LogP contribution in [0, 0.1) is 0 Å². The third-order valence-electron chi connectivity index (χ3n) is 3.23. The lowest BCUT2D eigenvalue weighted by atomic mass is 10.0. The van der Waals surface area contributed by atoms with E-state index >= 15 is 0 Å². The minimum atomic E-state index is -0.306. The molecule has 2 unspecified atom stereocenters. The van der Waals surface area contributed by atoms with Crippen LogP contribution < -0.4 is 0 Å². The second-order valence-corrected chi connectivity index (χ2v) is 5.29. The van der Waals surface area contributed by atoms with Crippen molar-refractivity contribution in [3.05, 3.63) is 0 Å². The molecule has 0 spiro atoms. The first kappa shape index (κ1) is 18.9. The Labute approximate surface area is 123 Å². The quantitative estimate of drug-likeness (QED) is 0.425. The number of hydrogen-bond acceptors (Lipinski definition) is 4.